The Bertz CT molecular complexity index is 1440. The van der Waals surface area contributed by atoms with Gasteiger partial charge in [-0.25, -0.2) is 9.67 Å². The Morgan fingerprint density at radius 2 is 2.00 bits per heavy atom. The monoisotopic (exact) mass is 501 g/mol. The number of carbonyl (C=O) groups excluding carboxylic acids is 1. The summed E-state index contributed by atoms with van der Waals surface area (Å²) in [6.07, 6.45) is 7.07. The summed E-state index contributed by atoms with van der Waals surface area (Å²) in [7, 11) is 1.48. The van der Waals surface area contributed by atoms with E-state index in [-0.39, 0.29) is 17.4 Å². The molecule has 1 atom stereocenters. The Hall–Kier alpha value is -4.32. The highest BCUT2D eigenvalue weighted by atomic mass is 16.5. The van der Waals surface area contributed by atoms with Crippen molar-refractivity contribution in [1.82, 2.24) is 34.5 Å². The lowest BCUT2D eigenvalue weighted by atomic mass is 10.2. The van der Waals surface area contributed by atoms with Gasteiger partial charge >= 0.3 is 0 Å². The Kier molecular flexibility index (Phi) is 6.01. The van der Waals surface area contributed by atoms with Gasteiger partial charge in [-0.3, -0.25) is 9.78 Å². The molecule has 1 N–H and O–H groups in total. The molecule has 4 aromatic rings. The van der Waals surface area contributed by atoms with E-state index in [4.69, 9.17) is 9.47 Å². The van der Waals surface area contributed by atoms with Gasteiger partial charge < -0.3 is 24.3 Å². The normalized spacial score (nSPS) is 17.0. The lowest BCUT2D eigenvalue weighted by Crippen LogP contribution is -2.36. The summed E-state index contributed by atoms with van der Waals surface area (Å²) in [6.45, 7) is 5.09. The van der Waals surface area contributed by atoms with Crippen LogP contribution >= 0.6 is 0 Å². The number of aromatic nitrogens is 7. The molecule has 1 amide bonds. The van der Waals surface area contributed by atoms with Crippen molar-refractivity contribution in [2.24, 2.45) is 0 Å². The van der Waals surface area contributed by atoms with E-state index in [1.54, 1.807) is 23.1 Å². The standard InChI is InChI=1S/C25H27N9O3/c1-16-6-7-22-29-30-23(34(16)22)20-4-3-5-21(27-20)28-24(35)19-15-33(31-25(19)36-2)18-12-17(13-26-14-18)32-8-10-37-11-9-32/h3-5,12-16H,6-11H2,1-2H3,(H,27,28,35)/t16-/m0/s1. The van der Waals surface area contributed by atoms with Crippen molar-refractivity contribution in [2.75, 3.05) is 43.6 Å². The number of carbonyl (C=O) groups is 1. The molecular formula is C25H27N9O3. The summed E-state index contributed by atoms with van der Waals surface area (Å²) in [5.41, 5.74) is 2.62. The molecule has 2 aliphatic rings. The van der Waals surface area contributed by atoms with Crippen LogP contribution in [0, 0.1) is 0 Å². The van der Waals surface area contributed by atoms with Gasteiger partial charge in [0.1, 0.15) is 22.9 Å². The minimum absolute atomic E-state index is 0.203. The van der Waals surface area contributed by atoms with Gasteiger partial charge in [0.15, 0.2) is 5.82 Å². The van der Waals surface area contributed by atoms with Gasteiger partial charge in [0.25, 0.3) is 5.91 Å². The van der Waals surface area contributed by atoms with Crippen LogP contribution in [-0.4, -0.2) is 73.8 Å². The van der Waals surface area contributed by atoms with Crippen LogP contribution in [0.15, 0.2) is 42.9 Å². The van der Waals surface area contributed by atoms with E-state index in [0.717, 1.165) is 43.1 Å². The van der Waals surface area contributed by atoms with Crippen molar-refractivity contribution in [3.8, 4) is 23.1 Å². The number of nitrogens with one attached hydrogen (secondary N) is 1. The highest BCUT2D eigenvalue weighted by molar-refractivity contribution is 6.05. The minimum Gasteiger partial charge on any atom is -0.479 e. The molecule has 0 unspecified atom stereocenters. The maximum absolute atomic E-state index is 13.2. The molecule has 0 bridgehead atoms. The SMILES string of the molecule is COc1nn(-c2cncc(N3CCOCC3)c2)cc1C(=O)Nc1cccc(-c2nnc3n2[C@@H](C)CC3)n1. The highest BCUT2D eigenvalue weighted by Gasteiger charge is 2.25. The lowest BCUT2D eigenvalue weighted by Gasteiger charge is -2.28. The number of methoxy groups -OCH3 is 1. The fraction of sp³-hybridized carbons (Fsp3) is 0.360. The Morgan fingerprint density at radius 3 is 2.84 bits per heavy atom. The first kappa shape index (κ1) is 23.1. The second-order valence-corrected chi connectivity index (χ2v) is 9.06. The first-order valence-corrected chi connectivity index (χ1v) is 12.2. The number of amides is 1. The van der Waals surface area contributed by atoms with E-state index in [1.165, 1.54) is 7.11 Å². The number of hydrogen-bond donors (Lipinski definition) is 1. The largest absolute Gasteiger partial charge is 0.479 e. The van der Waals surface area contributed by atoms with Gasteiger partial charge in [0.2, 0.25) is 5.88 Å². The molecule has 4 aromatic heterocycles. The van der Waals surface area contributed by atoms with E-state index in [9.17, 15) is 4.79 Å². The fourth-order valence-electron chi connectivity index (χ4n) is 4.74. The quantitative estimate of drug-likeness (QED) is 0.424. The average Bonchev–Trinajstić information content (AvgIpc) is 3.66. The van der Waals surface area contributed by atoms with Gasteiger partial charge in [-0.05, 0) is 31.5 Å². The molecule has 0 aromatic carbocycles. The summed E-state index contributed by atoms with van der Waals surface area (Å²) in [4.78, 5) is 24.4. The molecule has 0 spiro atoms. The summed E-state index contributed by atoms with van der Waals surface area (Å²) in [5, 5.41) is 16.0. The molecule has 0 saturated carbocycles. The van der Waals surface area contributed by atoms with E-state index < -0.39 is 0 Å². The molecule has 1 fully saturated rings. The van der Waals surface area contributed by atoms with E-state index >= 15 is 0 Å². The first-order chi connectivity index (χ1) is 18.1. The zero-order valence-corrected chi connectivity index (χ0v) is 20.7. The van der Waals surface area contributed by atoms with Crippen molar-refractivity contribution >= 4 is 17.4 Å². The maximum atomic E-state index is 13.2. The molecule has 2 aliphatic heterocycles. The van der Waals surface area contributed by atoms with Crippen molar-refractivity contribution in [3.63, 3.8) is 0 Å². The van der Waals surface area contributed by atoms with Crippen LogP contribution in [0.2, 0.25) is 0 Å². The average molecular weight is 502 g/mol. The zero-order valence-electron chi connectivity index (χ0n) is 20.7. The molecule has 6 heterocycles. The first-order valence-electron chi connectivity index (χ1n) is 12.2. The molecule has 12 heteroatoms. The minimum atomic E-state index is -0.384. The summed E-state index contributed by atoms with van der Waals surface area (Å²) < 4.78 is 14.6. The fourth-order valence-corrected chi connectivity index (χ4v) is 4.74. The van der Waals surface area contributed by atoms with Gasteiger partial charge in [0, 0.05) is 31.7 Å². The predicted molar refractivity (Wildman–Crippen MR) is 135 cm³/mol. The number of pyridine rings is 2. The zero-order chi connectivity index (χ0) is 25.4. The molecule has 0 radical (unpaired) electrons. The number of rotatable bonds is 6. The van der Waals surface area contributed by atoms with Crippen molar-refractivity contribution in [2.45, 2.75) is 25.8 Å². The molecule has 6 rings (SSSR count). The topological polar surface area (TPSA) is 125 Å². The van der Waals surface area contributed by atoms with E-state index in [1.807, 2.05) is 24.4 Å². The van der Waals surface area contributed by atoms with Gasteiger partial charge in [-0.15, -0.1) is 15.3 Å². The molecule has 0 aliphatic carbocycles. The number of anilines is 2. The van der Waals surface area contributed by atoms with Crippen LogP contribution in [0.5, 0.6) is 5.88 Å². The van der Waals surface area contributed by atoms with E-state index in [0.29, 0.717) is 36.6 Å². The molecule has 37 heavy (non-hydrogen) atoms. The number of aryl methyl sites for hydroxylation is 1. The summed E-state index contributed by atoms with van der Waals surface area (Å²) >= 11 is 0. The van der Waals surface area contributed by atoms with Crippen LogP contribution in [0.4, 0.5) is 11.5 Å². The third-order valence-corrected chi connectivity index (χ3v) is 6.68. The smallest absolute Gasteiger partial charge is 0.263 e. The number of fused-ring (bicyclic) bond motifs is 1. The van der Waals surface area contributed by atoms with Gasteiger partial charge in [0.05, 0.1) is 44.1 Å². The number of nitrogens with zero attached hydrogens (tertiary/aromatic N) is 8. The molecule has 12 nitrogen and oxygen atoms in total. The van der Waals surface area contributed by atoms with Gasteiger partial charge in [-0.1, -0.05) is 6.07 Å². The van der Waals surface area contributed by atoms with Crippen LogP contribution in [-0.2, 0) is 11.2 Å². The molecular weight excluding hydrogens is 474 g/mol. The van der Waals surface area contributed by atoms with Crippen LogP contribution in [0.25, 0.3) is 17.2 Å². The van der Waals surface area contributed by atoms with E-state index in [2.05, 4.69) is 47.0 Å². The second kappa shape index (κ2) is 9.62. The Labute approximate surface area is 213 Å². The number of hydrogen-bond acceptors (Lipinski definition) is 9. The van der Waals surface area contributed by atoms with Crippen molar-refractivity contribution < 1.29 is 14.3 Å². The van der Waals surface area contributed by atoms with Gasteiger partial charge in [-0.2, -0.15) is 0 Å². The van der Waals surface area contributed by atoms with Crippen LogP contribution < -0.4 is 15.0 Å². The Morgan fingerprint density at radius 1 is 1.16 bits per heavy atom. The molecule has 190 valence electrons. The number of ether oxygens (including phenoxy) is 2. The predicted octanol–water partition coefficient (Wildman–Crippen LogP) is 2.53. The summed E-state index contributed by atoms with van der Waals surface area (Å²) in [6, 6.07) is 7.73. The van der Waals surface area contributed by atoms with Crippen LogP contribution in [0.3, 0.4) is 0 Å². The molecule has 1 saturated heterocycles. The third kappa shape index (κ3) is 4.40. The third-order valence-electron chi connectivity index (χ3n) is 6.68. The highest BCUT2D eigenvalue weighted by Crippen LogP contribution is 2.30. The van der Waals surface area contributed by atoms with Crippen molar-refractivity contribution in [1.29, 1.82) is 0 Å². The maximum Gasteiger partial charge on any atom is 0.263 e. The van der Waals surface area contributed by atoms with Crippen LogP contribution in [0.1, 0.15) is 35.6 Å². The Balaban J connectivity index is 1.24. The lowest BCUT2D eigenvalue weighted by molar-refractivity contribution is 0.102. The number of morpholine rings is 1. The second-order valence-electron chi connectivity index (χ2n) is 9.06. The summed E-state index contributed by atoms with van der Waals surface area (Å²) in [5.74, 6) is 1.88. The van der Waals surface area contributed by atoms with Crippen molar-refractivity contribution in [3.05, 3.63) is 54.2 Å².